The molecular formula is C16H29N7O. The van der Waals surface area contributed by atoms with Gasteiger partial charge in [-0.1, -0.05) is 6.92 Å². The first kappa shape index (κ1) is 18.2. The summed E-state index contributed by atoms with van der Waals surface area (Å²) in [4.78, 5) is 22.4. The number of guanidine groups is 1. The van der Waals surface area contributed by atoms with Gasteiger partial charge in [0.2, 0.25) is 5.91 Å². The third-order valence-corrected chi connectivity index (χ3v) is 4.16. The summed E-state index contributed by atoms with van der Waals surface area (Å²) in [5.41, 5.74) is 0. The number of aromatic nitrogens is 3. The largest absolute Gasteiger partial charge is 0.354 e. The van der Waals surface area contributed by atoms with Crippen molar-refractivity contribution in [2.75, 3.05) is 20.6 Å². The van der Waals surface area contributed by atoms with E-state index in [9.17, 15) is 4.79 Å². The Morgan fingerprint density at radius 2 is 2.25 bits per heavy atom. The quantitative estimate of drug-likeness (QED) is 0.615. The first-order chi connectivity index (χ1) is 11.4. The first-order valence-corrected chi connectivity index (χ1v) is 8.59. The first-order valence-electron chi connectivity index (χ1n) is 8.59. The van der Waals surface area contributed by atoms with E-state index in [1.165, 1.54) is 0 Å². The zero-order valence-corrected chi connectivity index (χ0v) is 15.3. The van der Waals surface area contributed by atoms with Crippen molar-refractivity contribution in [1.29, 1.82) is 0 Å². The molecule has 0 spiro atoms. The molecule has 8 heteroatoms. The highest BCUT2D eigenvalue weighted by Crippen LogP contribution is 2.22. The van der Waals surface area contributed by atoms with Crippen LogP contribution < -0.4 is 10.6 Å². The summed E-state index contributed by atoms with van der Waals surface area (Å²) < 4.78 is 1.96. The molecule has 1 aliphatic heterocycles. The summed E-state index contributed by atoms with van der Waals surface area (Å²) in [5, 5.41) is 11.2. The molecule has 0 saturated heterocycles. The number of rotatable bonds is 5. The molecule has 0 fully saturated rings. The van der Waals surface area contributed by atoms with Crippen LogP contribution in [0.4, 0.5) is 0 Å². The Labute approximate surface area is 143 Å². The highest BCUT2D eigenvalue weighted by atomic mass is 16.2. The molecule has 0 aromatic carbocycles. The van der Waals surface area contributed by atoms with Crippen LogP contribution in [-0.2, 0) is 11.3 Å². The van der Waals surface area contributed by atoms with E-state index >= 15 is 0 Å². The zero-order chi connectivity index (χ0) is 17.7. The Bertz CT molecular complexity index is 593. The van der Waals surface area contributed by atoms with Gasteiger partial charge in [-0.05, 0) is 33.1 Å². The fourth-order valence-electron chi connectivity index (χ4n) is 2.53. The maximum absolute atomic E-state index is 11.8. The minimum Gasteiger partial charge on any atom is -0.354 e. The molecule has 24 heavy (non-hydrogen) atoms. The highest BCUT2D eigenvalue weighted by molar-refractivity contribution is 5.85. The number of amides is 1. The monoisotopic (exact) mass is 335 g/mol. The number of likely N-dealkylation sites (N-methyl/N-ethyl adjacent to an activating group) is 1. The summed E-state index contributed by atoms with van der Waals surface area (Å²) >= 11 is 0. The van der Waals surface area contributed by atoms with Gasteiger partial charge in [-0.15, -0.1) is 0 Å². The van der Waals surface area contributed by atoms with Gasteiger partial charge >= 0.3 is 0 Å². The number of carbonyl (C=O) groups excluding carboxylic acids is 1. The molecule has 1 aromatic heterocycles. The Balaban J connectivity index is 2.13. The SMILES string of the molecule is CCC(C)NC(=NCC(=O)N(C)C)NC1CCCn2nc(C)nc21. The lowest BCUT2D eigenvalue weighted by molar-refractivity contribution is -0.127. The number of hydrogen-bond acceptors (Lipinski definition) is 4. The minimum absolute atomic E-state index is 0.0251. The van der Waals surface area contributed by atoms with E-state index in [-0.39, 0.29) is 24.5 Å². The van der Waals surface area contributed by atoms with Gasteiger partial charge in [0.15, 0.2) is 5.96 Å². The third kappa shape index (κ3) is 4.69. The molecule has 2 N–H and O–H groups in total. The second-order valence-electron chi connectivity index (χ2n) is 6.49. The second kappa shape index (κ2) is 8.12. The van der Waals surface area contributed by atoms with Crippen LogP contribution in [0.5, 0.6) is 0 Å². The molecule has 0 bridgehead atoms. The van der Waals surface area contributed by atoms with Crippen LogP contribution in [0.2, 0.25) is 0 Å². The van der Waals surface area contributed by atoms with E-state index in [2.05, 4.69) is 39.6 Å². The Hall–Kier alpha value is -2.12. The third-order valence-electron chi connectivity index (χ3n) is 4.16. The van der Waals surface area contributed by atoms with Crippen molar-refractivity contribution in [2.24, 2.45) is 4.99 Å². The topological polar surface area (TPSA) is 87.4 Å². The van der Waals surface area contributed by atoms with Gasteiger partial charge in [0.25, 0.3) is 0 Å². The second-order valence-corrected chi connectivity index (χ2v) is 6.49. The van der Waals surface area contributed by atoms with Crippen molar-refractivity contribution in [3.8, 4) is 0 Å². The average Bonchev–Trinajstić information content (AvgIpc) is 2.93. The van der Waals surface area contributed by atoms with E-state index in [1.54, 1.807) is 19.0 Å². The van der Waals surface area contributed by atoms with Crippen LogP contribution in [-0.4, -0.2) is 58.2 Å². The van der Waals surface area contributed by atoms with E-state index in [0.29, 0.717) is 5.96 Å². The van der Waals surface area contributed by atoms with Gasteiger partial charge in [0.05, 0.1) is 6.04 Å². The van der Waals surface area contributed by atoms with E-state index < -0.39 is 0 Å². The maximum atomic E-state index is 11.8. The highest BCUT2D eigenvalue weighted by Gasteiger charge is 2.24. The Morgan fingerprint density at radius 1 is 1.50 bits per heavy atom. The number of nitrogens with zero attached hydrogens (tertiary/aromatic N) is 5. The Kier molecular flexibility index (Phi) is 6.16. The van der Waals surface area contributed by atoms with Crippen molar-refractivity contribution >= 4 is 11.9 Å². The van der Waals surface area contributed by atoms with E-state index in [0.717, 1.165) is 37.5 Å². The number of carbonyl (C=O) groups is 1. The molecule has 0 radical (unpaired) electrons. The predicted octanol–water partition coefficient (Wildman–Crippen LogP) is 0.843. The van der Waals surface area contributed by atoms with Crippen LogP contribution in [0.3, 0.4) is 0 Å². The van der Waals surface area contributed by atoms with Crippen molar-refractivity contribution in [2.45, 2.75) is 58.7 Å². The van der Waals surface area contributed by atoms with Gasteiger partial charge < -0.3 is 15.5 Å². The van der Waals surface area contributed by atoms with E-state index in [1.807, 2.05) is 11.6 Å². The van der Waals surface area contributed by atoms with Crippen LogP contribution in [0.15, 0.2) is 4.99 Å². The molecule has 134 valence electrons. The molecule has 1 amide bonds. The van der Waals surface area contributed by atoms with Crippen LogP contribution in [0.1, 0.15) is 50.8 Å². The fraction of sp³-hybridized carbons (Fsp3) is 0.750. The number of fused-ring (bicyclic) bond motifs is 1. The summed E-state index contributed by atoms with van der Waals surface area (Å²) in [6.07, 6.45) is 2.99. The summed E-state index contributed by atoms with van der Waals surface area (Å²) in [5.74, 6) is 2.35. The minimum atomic E-state index is -0.0251. The van der Waals surface area contributed by atoms with Crippen molar-refractivity contribution in [3.63, 3.8) is 0 Å². The predicted molar refractivity (Wildman–Crippen MR) is 93.8 cm³/mol. The van der Waals surface area contributed by atoms with E-state index in [4.69, 9.17) is 0 Å². The van der Waals surface area contributed by atoms with Crippen molar-refractivity contribution in [1.82, 2.24) is 30.3 Å². The molecule has 2 atom stereocenters. The summed E-state index contributed by atoms with van der Waals surface area (Å²) in [7, 11) is 3.47. The molecular weight excluding hydrogens is 306 g/mol. The lowest BCUT2D eigenvalue weighted by Gasteiger charge is -2.26. The Morgan fingerprint density at radius 3 is 2.92 bits per heavy atom. The normalized spacial score (nSPS) is 18.7. The molecule has 1 aliphatic rings. The smallest absolute Gasteiger partial charge is 0.243 e. The molecule has 1 aromatic rings. The number of hydrogen-bond donors (Lipinski definition) is 2. The van der Waals surface area contributed by atoms with Crippen molar-refractivity contribution < 1.29 is 4.79 Å². The van der Waals surface area contributed by atoms with Gasteiger partial charge in [0.1, 0.15) is 18.2 Å². The lowest BCUT2D eigenvalue weighted by atomic mass is 10.1. The molecule has 2 unspecified atom stereocenters. The molecule has 0 aliphatic carbocycles. The average molecular weight is 335 g/mol. The molecule has 2 heterocycles. The molecule has 2 rings (SSSR count). The van der Waals surface area contributed by atoms with Crippen molar-refractivity contribution in [3.05, 3.63) is 11.6 Å². The number of nitrogens with one attached hydrogen (secondary N) is 2. The van der Waals surface area contributed by atoms with Crippen LogP contribution >= 0.6 is 0 Å². The van der Waals surface area contributed by atoms with Crippen LogP contribution in [0, 0.1) is 6.92 Å². The van der Waals surface area contributed by atoms with Gasteiger partial charge in [-0.3, -0.25) is 4.79 Å². The number of aliphatic imine (C=N–C) groups is 1. The molecule has 0 saturated carbocycles. The molecule has 8 nitrogen and oxygen atoms in total. The number of aryl methyl sites for hydroxylation is 2. The fourth-order valence-corrected chi connectivity index (χ4v) is 2.53. The standard InChI is InChI=1S/C16H29N7O/c1-6-11(2)18-16(17-10-14(24)22(4)5)20-13-8-7-9-23-15(13)19-12(3)21-23/h11,13H,6-10H2,1-5H3,(H2,17,18,20). The summed E-state index contributed by atoms with van der Waals surface area (Å²) in [6.45, 7) is 7.14. The lowest BCUT2D eigenvalue weighted by Crippen LogP contribution is -2.45. The van der Waals surface area contributed by atoms with Gasteiger partial charge in [-0.2, -0.15) is 5.10 Å². The van der Waals surface area contributed by atoms with Gasteiger partial charge in [0, 0.05) is 26.7 Å². The maximum Gasteiger partial charge on any atom is 0.243 e. The van der Waals surface area contributed by atoms with Crippen LogP contribution in [0.25, 0.3) is 0 Å². The zero-order valence-electron chi connectivity index (χ0n) is 15.3. The summed E-state index contributed by atoms with van der Waals surface area (Å²) in [6, 6.07) is 0.332. The van der Waals surface area contributed by atoms with Gasteiger partial charge in [-0.25, -0.2) is 14.7 Å².